The van der Waals surface area contributed by atoms with Crippen LogP contribution < -0.4 is 9.47 Å². The van der Waals surface area contributed by atoms with Crippen LogP contribution in [0.4, 0.5) is 4.79 Å². The molecule has 0 aromatic heterocycles. The molecule has 154 valence electrons. The van der Waals surface area contributed by atoms with E-state index in [1.165, 1.54) is 25.9 Å². The molecule has 0 radical (unpaired) electrons. The normalized spacial score (nSPS) is 25.5. The molecule has 6 nitrogen and oxygen atoms in total. The monoisotopic (exact) mass is 388 g/mol. The first-order valence-corrected chi connectivity index (χ1v) is 10.7. The number of nitrogens with zero attached hydrogens (tertiary/aromatic N) is 2. The molecule has 0 bridgehead atoms. The summed E-state index contributed by atoms with van der Waals surface area (Å²) >= 11 is 0. The van der Waals surface area contributed by atoms with Crippen LogP contribution in [-0.4, -0.2) is 61.0 Å². The maximum Gasteiger partial charge on any atom is 0.410 e. The predicted molar refractivity (Wildman–Crippen MR) is 107 cm³/mol. The number of amides is 1. The second kappa shape index (κ2) is 8.60. The van der Waals surface area contributed by atoms with E-state index in [0.717, 1.165) is 49.2 Å². The molecule has 1 aliphatic carbocycles. The summed E-state index contributed by atoms with van der Waals surface area (Å²) in [6, 6.07) is 6.70. The maximum absolute atomic E-state index is 12.6. The third-order valence-electron chi connectivity index (χ3n) is 6.49. The lowest BCUT2D eigenvalue weighted by molar-refractivity contribution is 0.0291. The lowest BCUT2D eigenvalue weighted by atomic mass is 9.92. The highest BCUT2D eigenvalue weighted by atomic mass is 16.7. The second-order valence-electron chi connectivity index (χ2n) is 8.41. The summed E-state index contributed by atoms with van der Waals surface area (Å²) < 4.78 is 16.6. The molecule has 1 atom stereocenters. The summed E-state index contributed by atoms with van der Waals surface area (Å²) in [5, 5.41) is 0. The van der Waals surface area contributed by atoms with Crippen LogP contribution >= 0.6 is 0 Å². The molecule has 3 aliphatic rings. The van der Waals surface area contributed by atoms with Crippen LogP contribution in [0.3, 0.4) is 0 Å². The fourth-order valence-electron chi connectivity index (χ4n) is 4.59. The quantitative estimate of drug-likeness (QED) is 0.767. The van der Waals surface area contributed by atoms with Gasteiger partial charge in [-0.1, -0.05) is 6.07 Å². The van der Waals surface area contributed by atoms with Crippen LogP contribution in [0, 0.1) is 0 Å². The number of fused-ring (bicyclic) bond motifs is 1. The van der Waals surface area contributed by atoms with E-state index in [4.69, 9.17) is 14.2 Å². The van der Waals surface area contributed by atoms with Gasteiger partial charge >= 0.3 is 6.09 Å². The van der Waals surface area contributed by atoms with Crippen molar-refractivity contribution in [1.29, 1.82) is 0 Å². The number of carbonyl (C=O) groups excluding carboxylic acids is 1. The van der Waals surface area contributed by atoms with Gasteiger partial charge in [-0.05, 0) is 82.7 Å². The zero-order valence-corrected chi connectivity index (χ0v) is 17.1. The highest BCUT2D eigenvalue weighted by Crippen LogP contribution is 2.33. The lowest BCUT2D eigenvalue weighted by Gasteiger charge is -2.35. The molecule has 2 aliphatic heterocycles. The third kappa shape index (κ3) is 4.37. The van der Waals surface area contributed by atoms with Crippen LogP contribution in [-0.2, 0) is 11.2 Å². The van der Waals surface area contributed by atoms with Crippen molar-refractivity contribution in [2.45, 2.75) is 70.1 Å². The third-order valence-corrected chi connectivity index (χ3v) is 6.49. The standard InChI is InChI=1S/C22H32N2O4/c1-16(13-17-5-10-20-21(14-17)27-15-26-20)23(2)22(25)28-19-8-6-18(7-9-19)24-11-3-4-12-24/h5,10,14,16,18-19H,3-4,6-9,11-13,15H2,1-2H3. The Morgan fingerprint density at radius 2 is 1.89 bits per heavy atom. The molecule has 1 aromatic rings. The summed E-state index contributed by atoms with van der Waals surface area (Å²) in [5.41, 5.74) is 1.13. The van der Waals surface area contributed by atoms with Crippen molar-refractivity contribution in [2.75, 3.05) is 26.9 Å². The predicted octanol–water partition coefficient (Wildman–Crippen LogP) is 3.82. The number of likely N-dealkylation sites (tertiary alicyclic amines) is 1. The first kappa shape index (κ1) is 19.4. The van der Waals surface area contributed by atoms with Gasteiger partial charge < -0.3 is 24.0 Å². The van der Waals surface area contributed by atoms with Crippen molar-refractivity contribution in [2.24, 2.45) is 0 Å². The average Bonchev–Trinajstić information content (AvgIpc) is 3.39. The molecule has 2 fully saturated rings. The van der Waals surface area contributed by atoms with Crippen molar-refractivity contribution in [3.05, 3.63) is 23.8 Å². The molecule has 28 heavy (non-hydrogen) atoms. The van der Waals surface area contributed by atoms with Gasteiger partial charge in [0.2, 0.25) is 6.79 Å². The summed E-state index contributed by atoms with van der Waals surface area (Å²) in [6.07, 6.45) is 7.54. The number of benzene rings is 1. The van der Waals surface area contributed by atoms with Gasteiger partial charge in [-0.3, -0.25) is 0 Å². The fraction of sp³-hybridized carbons (Fsp3) is 0.682. The number of hydrogen-bond acceptors (Lipinski definition) is 5. The molecule has 2 heterocycles. The van der Waals surface area contributed by atoms with Crippen molar-refractivity contribution >= 4 is 6.09 Å². The SMILES string of the molecule is CC(Cc1ccc2c(c1)OCO2)N(C)C(=O)OC1CCC(N2CCCC2)CC1. The van der Waals surface area contributed by atoms with E-state index < -0.39 is 0 Å². The van der Waals surface area contributed by atoms with Crippen LogP contribution in [0.5, 0.6) is 11.5 Å². The smallest absolute Gasteiger partial charge is 0.410 e. The van der Waals surface area contributed by atoms with E-state index in [0.29, 0.717) is 6.04 Å². The molecule has 1 saturated carbocycles. The molecule has 1 saturated heterocycles. The lowest BCUT2D eigenvalue weighted by Crippen LogP contribution is -2.41. The van der Waals surface area contributed by atoms with Gasteiger partial charge in [0.05, 0.1) is 0 Å². The molecule has 1 unspecified atom stereocenters. The first-order chi connectivity index (χ1) is 13.6. The van der Waals surface area contributed by atoms with E-state index in [-0.39, 0.29) is 25.0 Å². The highest BCUT2D eigenvalue weighted by Gasteiger charge is 2.30. The van der Waals surface area contributed by atoms with Crippen molar-refractivity contribution in [1.82, 2.24) is 9.80 Å². The minimum absolute atomic E-state index is 0.0498. The Hall–Kier alpha value is -1.95. The Morgan fingerprint density at radius 1 is 1.18 bits per heavy atom. The number of rotatable bonds is 5. The molecule has 0 N–H and O–H groups in total. The molecule has 1 amide bonds. The van der Waals surface area contributed by atoms with E-state index in [1.54, 1.807) is 4.90 Å². The van der Waals surface area contributed by atoms with Gasteiger partial charge in [-0.25, -0.2) is 4.79 Å². The van der Waals surface area contributed by atoms with Gasteiger partial charge in [0, 0.05) is 19.1 Å². The Bertz CT molecular complexity index is 681. The minimum atomic E-state index is -0.210. The highest BCUT2D eigenvalue weighted by molar-refractivity contribution is 5.68. The van der Waals surface area contributed by atoms with Crippen LogP contribution in [0.1, 0.15) is 51.0 Å². The fourth-order valence-corrected chi connectivity index (χ4v) is 4.59. The van der Waals surface area contributed by atoms with Crippen LogP contribution in [0.2, 0.25) is 0 Å². The van der Waals surface area contributed by atoms with Crippen molar-refractivity contribution in [3.63, 3.8) is 0 Å². The van der Waals surface area contributed by atoms with Gasteiger partial charge in [0.15, 0.2) is 11.5 Å². The zero-order valence-electron chi connectivity index (χ0n) is 17.1. The molecular weight excluding hydrogens is 356 g/mol. The minimum Gasteiger partial charge on any atom is -0.454 e. The topological polar surface area (TPSA) is 51.2 Å². The molecular formula is C22H32N2O4. The van der Waals surface area contributed by atoms with E-state index in [1.807, 2.05) is 25.2 Å². The Kier molecular flexibility index (Phi) is 5.95. The summed E-state index contributed by atoms with van der Waals surface area (Å²) in [6.45, 7) is 4.82. The number of carbonyl (C=O) groups is 1. The summed E-state index contributed by atoms with van der Waals surface area (Å²) in [4.78, 5) is 17.0. The number of hydrogen-bond donors (Lipinski definition) is 0. The molecule has 0 spiro atoms. The first-order valence-electron chi connectivity index (χ1n) is 10.7. The number of likely N-dealkylation sites (N-methyl/N-ethyl adjacent to an activating group) is 1. The van der Waals surface area contributed by atoms with Crippen molar-refractivity contribution < 1.29 is 19.0 Å². The largest absolute Gasteiger partial charge is 0.454 e. The Labute approximate surface area is 167 Å². The Morgan fingerprint density at radius 3 is 2.64 bits per heavy atom. The maximum atomic E-state index is 12.6. The summed E-state index contributed by atoms with van der Waals surface area (Å²) in [7, 11) is 1.83. The van der Waals surface area contributed by atoms with E-state index >= 15 is 0 Å². The van der Waals surface area contributed by atoms with E-state index in [2.05, 4.69) is 11.8 Å². The van der Waals surface area contributed by atoms with E-state index in [9.17, 15) is 4.79 Å². The second-order valence-corrected chi connectivity index (χ2v) is 8.41. The van der Waals surface area contributed by atoms with Crippen LogP contribution in [0.25, 0.3) is 0 Å². The average molecular weight is 389 g/mol. The number of ether oxygens (including phenoxy) is 3. The Balaban J connectivity index is 1.24. The summed E-state index contributed by atoms with van der Waals surface area (Å²) in [5.74, 6) is 1.57. The zero-order chi connectivity index (χ0) is 19.5. The molecule has 6 heteroatoms. The van der Waals surface area contributed by atoms with Gasteiger partial charge in [-0.2, -0.15) is 0 Å². The molecule has 4 rings (SSSR count). The van der Waals surface area contributed by atoms with Gasteiger partial charge in [0.25, 0.3) is 0 Å². The van der Waals surface area contributed by atoms with Gasteiger partial charge in [0.1, 0.15) is 6.10 Å². The van der Waals surface area contributed by atoms with Gasteiger partial charge in [-0.15, -0.1) is 0 Å². The van der Waals surface area contributed by atoms with Crippen molar-refractivity contribution in [3.8, 4) is 11.5 Å². The van der Waals surface area contributed by atoms with Crippen LogP contribution in [0.15, 0.2) is 18.2 Å². The molecule has 1 aromatic carbocycles.